The van der Waals surface area contributed by atoms with E-state index in [9.17, 15) is 8.42 Å². The number of thiophene rings is 3. The third-order valence-corrected chi connectivity index (χ3v) is 8.39. The highest BCUT2D eigenvalue weighted by atomic mass is 32.2. The number of hydrogen-bond donors (Lipinski definition) is 1. The molecule has 0 bridgehead atoms. The van der Waals surface area contributed by atoms with Crippen LogP contribution in [0.3, 0.4) is 0 Å². The summed E-state index contributed by atoms with van der Waals surface area (Å²) in [4.78, 5) is 4.59. The zero-order valence-corrected chi connectivity index (χ0v) is 15.9. The molecule has 0 saturated carbocycles. The van der Waals surface area contributed by atoms with Gasteiger partial charge < -0.3 is 0 Å². The Morgan fingerprint density at radius 2 is 1.87 bits per heavy atom. The zero-order chi connectivity index (χ0) is 16.4. The van der Waals surface area contributed by atoms with E-state index in [1.807, 2.05) is 6.07 Å². The Bertz CT molecular complexity index is 889. The normalized spacial score (nSPS) is 11.9. The number of unbranched alkanes of at least 4 members (excludes halogenated alkanes) is 1. The third kappa shape index (κ3) is 3.75. The molecule has 23 heavy (non-hydrogen) atoms. The van der Waals surface area contributed by atoms with E-state index in [1.54, 1.807) is 28.7 Å². The molecule has 2 N–H and O–H groups in total. The van der Waals surface area contributed by atoms with Crippen molar-refractivity contribution in [1.29, 1.82) is 0 Å². The van der Waals surface area contributed by atoms with Crippen LogP contribution in [0.15, 0.2) is 39.9 Å². The lowest BCUT2D eigenvalue weighted by molar-refractivity contribution is 0.599. The van der Waals surface area contributed by atoms with Crippen molar-refractivity contribution in [2.75, 3.05) is 0 Å². The van der Waals surface area contributed by atoms with Gasteiger partial charge in [0.15, 0.2) is 0 Å². The molecule has 0 spiro atoms. The summed E-state index contributed by atoms with van der Waals surface area (Å²) in [6, 6.07) is 10.1. The van der Waals surface area contributed by atoms with Crippen molar-refractivity contribution in [3.05, 3.63) is 41.3 Å². The van der Waals surface area contributed by atoms with E-state index in [0.29, 0.717) is 0 Å². The summed E-state index contributed by atoms with van der Waals surface area (Å²) >= 11 is 4.69. The molecule has 0 unspecified atom stereocenters. The summed E-state index contributed by atoms with van der Waals surface area (Å²) in [5.41, 5.74) is 1.08. The van der Waals surface area contributed by atoms with Crippen molar-refractivity contribution in [3.63, 3.8) is 0 Å². The Morgan fingerprint density at radius 1 is 1.09 bits per heavy atom. The highest BCUT2D eigenvalue weighted by Gasteiger charge is 2.19. The maximum absolute atomic E-state index is 11.7. The fraction of sp³-hybridized carbons (Fsp3) is 0.250. The Labute approximate surface area is 148 Å². The molecule has 122 valence electrons. The Balaban J connectivity index is 2.02. The van der Waals surface area contributed by atoms with Gasteiger partial charge in [0.2, 0.25) is 10.0 Å². The molecule has 3 rings (SSSR count). The van der Waals surface area contributed by atoms with Crippen LogP contribution in [0, 0.1) is 0 Å². The van der Waals surface area contributed by atoms with Gasteiger partial charge in [-0.05, 0) is 48.1 Å². The van der Waals surface area contributed by atoms with Gasteiger partial charge in [-0.2, -0.15) is 0 Å². The first-order valence-electron chi connectivity index (χ1n) is 7.28. The van der Waals surface area contributed by atoms with Gasteiger partial charge in [0.1, 0.15) is 4.21 Å². The minimum absolute atomic E-state index is 0.254. The summed E-state index contributed by atoms with van der Waals surface area (Å²) < 4.78 is 23.6. The predicted molar refractivity (Wildman–Crippen MR) is 101 cm³/mol. The molecule has 0 radical (unpaired) electrons. The monoisotopic (exact) mass is 383 g/mol. The number of sulfonamides is 1. The Hall–Kier alpha value is -0.990. The van der Waals surface area contributed by atoms with Crippen LogP contribution in [0.1, 0.15) is 25.3 Å². The molecule has 0 aliphatic carbocycles. The van der Waals surface area contributed by atoms with Crippen molar-refractivity contribution in [2.45, 2.75) is 30.4 Å². The van der Waals surface area contributed by atoms with E-state index < -0.39 is 10.0 Å². The van der Waals surface area contributed by atoms with E-state index in [0.717, 1.165) is 34.6 Å². The van der Waals surface area contributed by atoms with Crippen LogP contribution in [-0.4, -0.2) is 8.42 Å². The smallest absolute Gasteiger partial charge is 0.224 e. The second-order valence-corrected chi connectivity index (χ2v) is 10.1. The first-order chi connectivity index (χ1) is 11.0. The largest absolute Gasteiger partial charge is 0.247 e. The van der Waals surface area contributed by atoms with E-state index in [4.69, 9.17) is 5.14 Å². The predicted octanol–water partition coefficient (Wildman–Crippen LogP) is 5.20. The molecule has 3 aromatic rings. The van der Waals surface area contributed by atoms with Crippen LogP contribution >= 0.6 is 34.0 Å². The molecule has 3 aromatic heterocycles. The van der Waals surface area contributed by atoms with Crippen LogP contribution < -0.4 is 5.14 Å². The molecule has 0 atom stereocenters. The van der Waals surface area contributed by atoms with Gasteiger partial charge in [0, 0.05) is 19.5 Å². The molecule has 0 fully saturated rings. The topological polar surface area (TPSA) is 60.2 Å². The van der Waals surface area contributed by atoms with E-state index in [-0.39, 0.29) is 4.21 Å². The summed E-state index contributed by atoms with van der Waals surface area (Å²) in [6.07, 6.45) is 2.99. The maximum Gasteiger partial charge on any atom is 0.247 e. The van der Waals surface area contributed by atoms with Crippen molar-refractivity contribution in [2.24, 2.45) is 5.14 Å². The molecule has 0 aromatic carbocycles. The Kier molecular flexibility index (Phi) is 5.03. The Morgan fingerprint density at radius 3 is 2.52 bits per heavy atom. The van der Waals surface area contributed by atoms with Crippen molar-refractivity contribution in [3.8, 4) is 19.5 Å². The van der Waals surface area contributed by atoms with Crippen molar-refractivity contribution < 1.29 is 8.42 Å². The fourth-order valence-electron chi connectivity index (χ4n) is 2.32. The van der Waals surface area contributed by atoms with Crippen molar-refractivity contribution in [1.82, 2.24) is 0 Å². The molecular formula is C16H17NO2S4. The van der Waals surface area contributed by atoms with E-state index in [1.165, 1.54) is 21.1 Å². The van der Waals surface area contributed by atoms with Gasteiger partial charge in [-0.3, -0.25) is 0 Å². The zero-order valence-electron chi connectivity index (χ0n) is 12.6. The molecule has 0 saturated heterocycles. The first-order valence-corrected chi connectivity index (χ1v) is 11.3. The lowest BCUT2D eigenvalue weighted by atomic mass is 10.1. The molecular weight excluding hydrogens is 366 g/mol. The van der Waals surface area contributed by atoms with Gasteiger partial charge in [-0.1, -0.05) is 19.4 Å². The summed E-state index contributed by atoms with van der Waals surface area (Å²) in [5, 5.41) is 7.38. The average Bonchev–Trinajstić information content (AvgIpc) is 3.21. The minimum Gasteiger partial charge on any atom is -0.224 e. The summed E-state index contributed by atoms with van der Waals surface area (Å²) in [7, 11) is -3.65. The fourth-order valence-corrected chi connectivity index (χ4v) is 6.27. The second-order valence-electron chi connectivity index (χ2n) is 5.21. The minimum atomic E-state index is -3.65. The van der Waals surface area contributed by atoms with Crippen LogP contribution in [-0.2, 0) is 16.4 Å². The molecule has 7 heteroatoms. The highest BCUT2D eigenvalue weighted by molar-refractivity contribution is 7.91. The van der Waals surface area contributed by atoms with Gasteiger partial charge in [-0.15, -0.1) is 34.0 Å². The van der Waals surface area contributed by atoms with Gasteiger partial charge in [-0.25, -0.2) is 13.6 Å². The molecule has 0 aliphatic rings. The SMILES string of the molecule is CCCCc1cc(S(N)(=O)=O)sc1-c1ccc(-c2cccs2)s1. The number of hydrogen-bond acceptors (Lipinski definition) is 5. The van der Waals surface area contributed by atoms with E-state index >= 15 is 0 Å². The quantitative estimate of drug-likeness (QED) is 0.636. The van der Waals surface area contributed by atoms with E-state index in [2.05, 4.69) is 30.5 Å². The number of aryl methyl sites for hydroxylation is 1. The van der Waals surface area contributed by atoms with Gasteiger partial charge in [0.25, 0.3) is 0 Å². The number of rotatable bonds is 6. The van der Waals surface area contributed by atoms with Gasteiger partial charge in [0.05, 0.1) is 0 Å². The van der Waals surface area contributed by atoms with Crippen LogP contribution in [0.4, 0.5) is 0 Å². The maximum atomic E-state index is 11.7. The van der Waals surface area contributed by atoms with Gasteiger partial charge >= 0.3 is 0 Å². The summed E-state index contributed by atoms with van der Waals surface area (Å²) in [6.45, 7) is 2.13. The van der Waals surface area contributed by atoms with Crippen molar-refractivity contribution >= 4 is 44.0 Å². The second kappa shape index (κ2) is 6.86. The molecule has 0 aliphatic heterocycles. The van der Waals surface area contributed by atoms with Crippen LogP contribution in [0.5, 0.6) is 0 Å². The number of primary sulfonamides is 1. The lowest BCUT2D eigenvalue weighted by Gasteiger charge is -2.00. The first kappa shape index (κ1) is 16.9. The molecule has 3 nitrogen and oxygen atoms in total. The standard InChI is InChI=1S/C16H17NO2S4/c1-2-3-5-11-10-15(23(17,18)19)22-16(11)14-8-7-13(21-14)12-6-4-9-20-12/h4,6-10H,2-3,5H2,1H3,(H2,17,18,19). The molecule has 0 amide bonds. The highest BCUT2D eigenvalue weighted by Crippen LogP contribution is 2.42. The van der Waals surface area contributed by atoms with Crippen LogP contribution in [0.25, 0.3) is 19.5 Å². The average molecular weight is 384 g/mol. The summed E-state index contributed by atoms with van der Waals surface area (Å²) in [5.74, 6) is 0. The lowest BCUT2D eigenvalue weighted by Crippen LogP contribution is -2.09. The molecule has 3 heterocycles. The third-order valence-electron chi connectivity index (χ3n) is 3.46. The van der Waals surface area contributed by atoms with Crippen LogP contribution in [0.2, 0.25) is 0 Å². The number of nitrogens with two attached hydrogens (primary N) is 1.